The van der Waals surface area contributed by atoms with E-state index in [2.05, 4.69) is 57.8 Å². The summed E-state index contributed by atoms with van der Waals surface area (Å²) in [5, 5.41) is 0. The number of H-pyrrole nitrogens is 2. The zero-order valence-electron chi connectivity index (χ0n) is 10.4. The van der Waals surface area contributed by atoms with Crippen LogP contribution in [0.2, 0.25) is 0 Å². The van der Waals surface area contributed by atoms with E-state index in [0.29, 0.717) is 11.0 Å². The van der Waals surface area contributed by atoms with E-state index in [-0.39, 0.29) is 16.3 Å². The standard InChI is InChI=1S/C14H8Br3FN2O/c15-9-2-1-6(18)3-7(9)13(17)8-4-11-12(5-10(8)16)20-14(21)19-11/h1-5,13H,(H2,19,20,21). The van der Waals surface area contributed by atoms with Gasteiger partial charge in [-0.2, -0.15) is 0 Å². The highest BCUT2D eigenvalue weighted by atomic mass is 79.9. The number of aromatic amines is 2. The Balaban J connectivity index is 2.16. The second-order valence-corrected chi connectivity index (χ2v) is 7.15. The van der Waals surface area contributed by atoms with E-state index in [1.807, 2.05) is 12.1 Å². The third-order valence-electron chi connectivity index (χ3n) is 3.14. The summed E-state index contributed by atoms with van der Waals surface area (Å²) in [4.78, 5) is 16.6. The molecule has 0 saturated carbocycles. The molecule has 7 heteroatoms. The van der Waals surface area contributed by atoms with Crippen LogP contribution in [0.4, 0.5) is 4.39 Å². The fraction of sp³-hybridized carbons (Fsp3) is 0.0714. The fourth-order valence-electron chi connectivity index (χ4n) is 2.14. The second kappa shape index (κ2) is 5.70. The van der Waals surface area contributed by atoms with Gasteiger partial charge >= 0.3 is 5.69 Å². The molecule has 1 unspecified atom stereocenters. The molecule has 0 aliphatic rings. The van der Waals surface area contributed by atoms with Gasteiger partial charge in [0.2, 0.25) is 0 Å². The summed E-state index contributed by atoms with van der Waals surface area (Å²) >= 11 is 10.5. The van der Waals surface area contributed by atoms with Gasteiger partial charge in [-0.1, -0.05) is 47.8 Å². The van der Waals surface area contributed by atoms with E-state index < -0.39 is 0 Å². The van der Waals surface area contributed by atoms with E-state index in [9.17, 15) is 9.18 Å². The van der Waals surface area contributed by atoms with Crippen molar-refractivity contribution >= 4 is 58.8 Å². The molecule has 2 N–H and O–H groups in total. The third kappa shape index (κ3) is 2.86. The number of alkyl halides is 1. The highest BCUT2D eigenvalue weighted by Gasteiger charge is 2.18. The molecule has 0 amide bonds. The smallest absolute Gasteiger partial charge is 0.306 e. The predicted molar refractivity (Wildman–Crippen MR) is 91.5 cm³/mol. The van der Waals surface area contributed by atoms with Gasteiger partial charge in [0.05, 0.1) is 15.9 Å². The largest absolute Gasteiger partial charge is 0.323 e. The van der Waals surface area contributed by atoms with Crippen molar-refractivity contribution in [1.29, 1.82) is 0 Å². The van der Waals surface area contributed by atoms with Gasteiger partial charge in [-0.15, -0.1) is 0 Å². The molecule has 3 rings (SSSR count). The maximum Gasteiger partial charge on any atom is 0.323 e. The minimum absolute atomic E-state index is 0.222. The maximum atomic E-state index is 13.5. The van der Waals surface area contributed by atoms with Crippen LogP contribution in [0, 0.1) is 5.82 Å². The Morgan fingerprint density at radius 2 is 1.57 bits per heavy atom. The number of aromatic nitrogens is 2. The van der Waals surface area contributed by atoms with E-state index in [1.165, 1.54) is 12.1 Å². The second-order valence-electron chi connectivity index (χ2n) is 4.53. The molecule has 0 aliphatic carbocycles. The molecule has 2 aromatic carbocycles. The van der Waals surface area contributed by atoms with E-state index in [4.69, 9.17) is 0 Å². The van der Waals surface area contributed by atoms with Crippen LogP contribution in [0.15, 0.2) is 44.1 Å². The number of hydrogen-bond donors (Lipinski definition) is 2. The minimum Gasteiger partial charge on any atom is -0.306 e. The van der Waals surface area contributed by atoms with Crippen molar-refractivity contribution in [3.63, 3.8) is 0 Å². The van der Waals surface area contributed by atoms with Crippen LogP contribution >= 0.6 is 47.8 Å². The molecular formula is C14H8Br3FN2O. The maximum absolute atomic E-state index is 13.5. The van der Waals surface area contributed by atoms with Crippen LogP contribution in [0.1, 0.15) is 16.0 Å². The topological polar surface area (TPSA) is 48.6 Å². The SMILES string of the molecule is O=c1[nH]c2cc(Br)c(C(Br)c3cc(F)ccc3Br)cc2[nH]1. The third-order valence-corrected chi connectivity index (χ3v) is 5.53. The molecule has 108 valence electrons. The molecule has 0 fully saturated rings. The van der Waals surface area contributed by atoms with Gasteiger partial charge in [-0.3, -0.25) is 0 Å². The zero-order chi connectivity index (χ0) is 15.1. The van der Waals surface area contributed by atoms with Crippen molar-refractivity contribution in [2.24, 2.45) is 0 Å². The first-order valence-corrected chi connectivity index (χ1v) is 8.46. The molecule has 21 heavy (non-hydrogen) atoms. The van der Waals surface area contributed by atoms with Gasteiger partial charge in [-0.05, 0) is 41.5 Å². The van der Waals surface area contributed by atoms with Crippen molar-refractivity contribution in [2.45, 2.75) is 4.83 Å². The lowest BCUT2D eigenvalue weighted by Gasteiger charge is -2.15. The Labute approximate surface area is 144 Å². The number of imidazole rings is 1. The monoisotopic (exact) mass is 476 g/mol. The number of halogens is 4. The van der Waals surface area contributed by atoms with Gasteiger partial charge in [0.1, 0.15) is 5.82 Å². The Kier molecular flexibility index (Phi) is 4.07. The molecule has 1 atom stereocenters. The molecular weight excluding hydrogens is 471 g/mol. The van der Waals surface area contributed by atoms with Gasteiger partial charge in [0.25, 0.3) is 0 Å². The Bertz CT molecular complexity index is 888. The molecule has 0 saturated heterocycles. The Hall–Kier alpha value is -0.920. The number of nitrogens with one attached hydrogen (secondary N) is 2. The average Bonchev–Trinajstić information content (AvgIpc) is 2.79. The fourth-order valence-corrected chi connectivity index (χ4v) is 4.56. The zero-order valence-corrected chi connectivity index (χ0v) is 15.1. The highest BCUT2D eigenvalue weighted by Crippen LogP contribution is 2.39. The summed E-state index contributed by atoms with van der Waals surface area (Å²) in [5.41, 5.74) is 2.83. The van der Waals surface area contributed by atoms with Gasteiger partial charge in [0.15, 0.2) is 0 Å². The van der Waals surface area contributed by atoms with Crippen molar-refractivity contribution in [1.82, 2.24) is 9.97 Å². The predicted octanol–water partition coefficient (Wildman–Crippen LogP) is 5.00. The Morgan fingerprint density at radius 3 is 2.29 bits per heavy atom. The molecule has 0 bridgehead atoms. The van der Waals surface area contributed by atoms with Gasteiger partial charge in [-0.25, -0.2) is 9.18 Å². The summed E-state index contributed by atoms with van der Waals surface area (Å²) in [6, 6.07) is 8.22. The minimum atomic E-state index is -0.301. The first-order chi connectivity index (χ1) is 9.95. The molecule has 0 radical (unpaired) electrons. The number of hydrogen-bond acceptors (Lipinski definition) is 1. The first-order valence-electron chi connectivity index (χ1n) is 5.96. The van der Waals surface area contributed by atoms with Gasteiger partial charge in [0, 0.05) is 8.95 Å². The van der Waals surface area contributed by atoms with E-state index >= 15 is 0 Å². The summed E-state index contributed by atoms with van der Waals surface area (Å²) in [6.45, 7) is 0. The lowest BCUT2D eigenvalue weighted by Crippen LogP contribution is -1.99. The number of fused-ring (bicyclic) bond motifs is 1. The molecule has 3 aromatic rings. The summed E-state index contributed by atoms with van der Waals surface area (Å²) in [6.07, 6.45) is 0. The quantitative estimate of drug-likeness (QED) is 0.500. The highest BCUT2D eigenvalue weighted by molar-refractivity contribution is 9.11. The Morgan fingerprint density at radius 1 is 0.952 bits per heavy atom. The molecule has 1 heterocycles. The van der Waals surface area contributed by atoms with Crippen molar-refractivity contribution in [2.75, 3.05) is 0 Å². The molecule has 0 spiro atoms. The summed E-state index contributed by atoms with van der Waals surface area (Å²) < 4.78 is 15.1. The number of rotatable bonds is 2. The van der Waals surface area contributed by atoms with Crippen molar-refractivity contribution < 1.29 is 4.39 Å². The van der Waals surface area contributed by atoms with Crippen LogP contribution in [0.5, 0.6) is 0 Å². The van der Waals surface area contributed by atoms with Crippen molar-refractivity contribution in [3.05, 3.63) is 66.7 Å². The number of benzene rings is 2. The van der Waals surface area contributed by atoms with Crippen LogP contribution < -0.4 is 5.69 Å². The molecule has 3 nitrogen and oxygen atoms in total. The van der Waals surface area contributed by atoms with Crippen LogP contribution in [0.3, 0.4) is 0 Å². The lowest BCUT2D eigenvalue weighted by atomic mass is 10.0. The van der Waals surface area contributed by atoms with E-state index in [1.54, 1.807) is 6.07 Å². The van der Waals surface area contributed by atoms with Crippen LogP contribution in [-0.2, 0) is 0 Å². The van der Waals surface area contributed by atoms with Crippen LogP contribution in [0.25, 0.3) is 11.0 Å². The average molecular weight is 479 g/mol. The first kappa shape index (κ1) is 15.0. The van der Waals surface area contributed by atoms with Crippen LogP contribution in [-0.4, -0.2) is 9.97 Å². The van der Waals surface area contributed by atoms with E-state index in [0.717, 1.165) is 20.1 Å². The summed E-state index contributed by atoms with van der Waals surface area (Å²) in [5.74, 6) is -0.301. The normalized spacial score (nSPS) is 12.8. The van der Waals surface area contributed by atoms with Crippen molar-refractivity contribution in [3.8, 4) is 0 Å². The summed E-state index contributed by atoms with van der Waals surface area (Å²) in [7, 11) is 0. The lowest BCUT2D eigenvalue weighted by molar-refractivity contribution is 0.625. The molecule has 1 aromatic heterocycles. The van der Waals surface area contributed by atoms with Gasteiger partial charge < -0.3 is 9.97 Å². The molecule has 0 aliphatic heterocycles.